The van der Waals surface area contributed by atoms with E-state index in [2.05, 4.69) is 10.7 Å². The fourth-order valence-electron chi connectivity index (χ4n) is 0.119. The van der Waals surface area contributed by atoms with Crippen LogP contribution in [-0.4, -0.2) is 12.3 Å². The Morgan fingerprint density at radius 2 is 2.00 bits per heavy atom. The molecule has 0 saturated heterocycles. The molecule has 0 bridgehead atoms. The molecule has 1 unspecified atom stereocenters. The summed E-state index contributed by atoms with van der Waals surface area (Å²) in [4.78, 5) is 3.20. The van der Waals surface area contributed by atoms with Gasteiger partial charge in [-0.1, -0.05) is 0 Å². The molecule has 0 amide bonds. The molecule has 0 aliphatic heterocycles. The molecular weight excluding hydrogens is 123 g/mol. The van der Waals surface area contributed by atoms with Crippen LogP contribution in [0.4, 0.5) is 13.2 Å². The van der Waals surface area contributed by atoms with Gasteiger partial charge >= 0.3 is 5.92 Å². The zero-order valence-corrected chi connectivity index (χ0v) is 4.20. The average Bonchev–Trinajstić information content (AvgIpc) is 1.62. The van der Waals surface area contributed by atoms with Crippen LogP contribution in [0.5, 0.6) is 0 Å². The molecule has 0 radical (unpaired) electrons. The topological polar surface area (TPSA) is 35.2 Å². The van der Waals surface area contributed by atoms with Crippen LogP contribution in [0.25, 0.3) is 0 Å². The predicted octanol–water partition coefficient (Wildman–Crippen LogP) is 0.828. The highest BCUT2D eigenvalue weighted by Crippen LogP contribution is 2.19. The van der Waals surface area contributed by atoms with Crippen LogP contribution in [0, 0.1) is 0 Å². The molecule has 0 aromatic rings. The number of rotatable bonds is 2. The molecule has 0 saturated carbocycles. The van der Waals surface area contributed by atoms with Crippen LogP contribution in [0.1, 0.15) is 6.92 Å². The second kappa shape index (κ2) is 2.32. The van der Waals surface area contributed by atoms with Crippen molar-refractivity contribution in [2.75, 3.05) is 0 Å². The van der Waals surface area contributed by atoms with E-state index < -0.39 is 12.3 Å². The van der Waals surface area contributed by atoms with Gasteiger partial charge in [-0.2, -0.15) is 0 Å². The van der Waals surface area contributed by atoms with Crippen molar-refractivity contribution in [2.45, 2.75) is 19.2 Å². The normalized spacial score (nSPS) is 16.1. The lowest BCUT2D eigenvalue weighted by Crippen LogP contribution is -2.30. The highest BCUT2D eigenvalue weighted by Gasteiger charge is 2.34. The number of hydrogen-bond donors (Lipinski definition) is 1. The fraction of sp³-hybridized carbons (Fsp3) is 1.00. The van der Waals surface area contributed by atoms with E-state index in [0.29, 0.717) is 6.92 Å². The Morgan fingerprint density at radius 3 is 2.00 bits per heavy atom. The summed E-state index contributed by atoms with van der Waals surface area (Å²) in [6.45, 7) is 0.379. The monoisotopic (exact) mass is 129 g/mol. The maximum Gasteiger partial charge on any atom is 0.301 e. The van der Waals surface area contributed by atoms with E-state index in [4.69, 9.17) is 0 Å². The lowest BCUT2D eigenvalue weighted by Gasteiger charge is -2.11. The van der Waals surface area contributed by atoms with Crippen molar-refractivity contribution in [3.05, 3.63) is 0 Å². The highest BCUT2D eigenvalue weighted by atomic mass is 19.3. The van der Waals surface area contributed by atoms with Crippen molar-refractivity contribution in [3.8, 4) is 0 Å². The second-order valence-electron chi connectivity index (χ2n) is 1.41. The van der Waals surface area contributed by atoms with Crippen LogP contribution in [-0.2, 0) is 4.84 Å². The minimum absolute atomic E-state index is 0.379. The van der Waals surface area contributed by atoms with Crippen molar-refractivity contribution >= 4 is 0 Å². The third kappa shape index (κ3) is 2.13. The summed E-state index contributed by atoms with van der Waals surface area (Å²) in [6, 6.07) is 0. The quantitative estimate of drug-likeness (QED) is 0.560. The first-order chi connectivity index (χ1) is 3.48. The predicted molar refractivity (Wildman–Crippen MR) is 20.8 cm³/mol. The van der Waals surface area contributed by atoms with Gasteiger partial charge in [0.2, 0.25) is 0 Å². The lowest BCUT2D eigenvalue weighted by atomic mass is 10.4. The van der Waals surface area contributed by atoms with Crippen LogP contribution < -0.4 is 5.90 Å². The van der Waals surface area contributed by atoms with Gasteiger partial charge in [-0.05, 0) is 0 Å². The number of halogens is 3. The van der Waals surface area contributed by atoms with Crippen LogP contribution >= 0.6 is 0 Å². The van der Waals surface area contributed by atoms with Crippen LogP contribution in [0.2, 0.25) is 0 Å². The third-order valence-electron chi connectivity index (χ3n) is 0.518. The lowest BCUT2D eigenvalue weighted by molar-refractivity contribution is -0.188. The molecule has 1 atom stereocenters. The first-order valence-electron chi connectivity index (χ1n) is 1.86. The average molecular weight is 129 g/mol. The molecule has 50 valence electrons. The standard InChI is InChI=1S/C3H6F3NO/c1-3(5,6)2(4)8-7/h2H,7H2,1H3. The maximum absolute atomic E-state index is 11.5. The second-order valence-corrected chi connectivity index (χ2v) is 1.41. The first kappa shape index (κ1) is 7.71. The highest BCUT2D eigenvalue weighted by molar-refractivity contribution is 4.59. The smallest absolute Gasteiger partial charge is 0.261 e. The fourth-order valence-corrected chi connectivity index (χ4v) is 0.119. The van der Waals surface area contributed by atoms with Gasteiger partial charge < -0.3 is 0 Å². The van der Waals surface area contributed by atoms with Crippen molar-refractivity contribution < 1.29 is 18.0 Å². The van der Waals surface area contributed by atoms with Gasteiger partial charge in [0, 0.05) is 6.92 Å². The summed E-state index contributed by atoms with van der Waals surface area (Å²) in [5, 5.41) is 0. The Kier molecular flexibility index (Phi) is 2.24. The van der Waals surface area contributed by atoms with Crippen molar-refractivity contribution in [1.82, 2.24) is 0 Å². The maximum atomic E-state index is 11.5. The van der Waals surface area contributed by atoms with Gasteiger partial charge in [-0.25, -0.2) is 19.1 Å². The van der Waals surface area contributed by atoms with Gasteiger partial charge in [-0.3, -0.25) is 4.84 Å². The molecule has 0 aromatic carbocycles. The third-order valence-corrected chi connectivity index (χ3v) is 0.518. The number of hydrogen-bond acceptors (Lipinski definition) is 2. The Bertz CT molecular complexity index is 71.4. The molecule has 5 heteroatoms. The molecule has 8 heavy (non-hydrogen) atoms. The van der Waals surface area contributed by atoms with E-state index in [9.17, 15) is 13.2 Å². The van der Waals surface area contributed by atoms with E-state index in [0.717, 1.165) is 0 Å². The van der Waals surface area contributed by atoms with Gasteiger partial charge in [-0.15, -0.1) is 0 Å². The molecule has 2 nitrogen and oxygen atoms in total. The van der Waals surface area contributed by atoms with Gasteiger partial charge in [0.1, 0.15) is 0 Å². The molecule has 0 rings (SSSR count). The summed E-state index contributed by atoms with van der Waals surface area (Å²) >= 11 is 0. The summed E-state index contributed by atoms with van der Waals surface area (Å²) < 4.78 is 34.6. The van der Waals surface area contributed by atoms with Crippen LogP contribution in [0.15, 0.2) is 0 Å². The summed E-state index contributed by atoms with van der Waals surface area (Å²) in [6.07, 6.45) is -2.71. The molecule has 0 aromatic heterocycles. The summed E-state index contributed by atoms with van der Waals surface area (Å²) in [5.41, 5.74) is 0. The number of nitrogens with two attached hydrogens (primary N) is 1. The van der Waals surface area contributed by atoms with E-state index >= 15 is 0 Å². The molecule has 0 spiro atoms. The van der Waals surface area contributed by atoms with Gasteiger partial charge in [0.15, 0.2) is 0 Å². The first-order valence-corrected chi connectivity index (χ1v) is 1.86. The molecule has 0 aliphatic rings. The molecular formula is C3H6F3NO. The van der Waals surface area contributed by atoms with E-state index in [1.807, 2.05) is 0 Å². The summed E-state index contributed by atoms with van der Waals surface area (Å²) in [7, 11) is 0. The Balaban J connectivity index is 3.62. The van der Waals surface area contributed by atoms with E-state index in [-0.39, 0.29) is 0 Å². The van der Waals surface area contributed by atoms with Gasteiger partial charge in [0.05, 0.1) is 0 Å². The SMILES string of the molecule is CC(F)(F)C(F)ON. The Labute approximate surface area is 44.4 Å². The van der Waals surface area contributed by atoms with Crippen LogP contribution in [0.3, 0.4) is 0 Å². The zero-order chi connectivity index (χ0) is 6.78. The van der Waals surface area contributed by atoms with Gasteiger partial charge in [0.25, 0.3) is 6.36 Å². The largest absolute Gasteiger partial charge is 0.301 e. The minimum Gasteiger partial charge on any atom is -0.261 e. The van der Waals surface area contributed by atoms with E-state index in [1.165, 1.54) is 0 Å². The van der Waals surface area contributed by atoms with E-state index in [1.54, 1.807) is 0 Å². The zero-order valence-electron chi connectivity index (χ0n) is 4.20. The number of alkyl halides is 3. The molecule has 2 N–H and O–H groups in total. The summed E-state index contributed by atoms with van der Waals surface area (Å²) in [5.74, 6) is 0.598. The minimum atomic E-state index is -3.51. The molecule has 0 fully saturated rings. The van der Waals surface area contributed by atoms with Crippen molar-refractivity contribution in [3.63, 3.8) is 0 Å². The Hall–Kier alpha value is -0.290. The molecule has 0 aliphatic carbocycles. The molecule has 0 heterocycles. The van der Waals surface area contributed by atoms with Crippen molar-refractivity contribution in [2.24, 2.45) is 5.90 Å². The Morgan fingerprint density at radius 1 is 1.62 bits per heavy atom. The van der Waals surface area contributed by atoms with Crippen molar-refractivity contribution in [1.29, 1.82) is 0 Å².